The summed E-state index contributed by atoms with van der Waals surface area (Å²) in [4.78, 5) is 11.0. The maximum atomic E-state index is 13.2. The van der Waals surface area contributed by atoms with Crippen LogP contribution in [0, 0.1) is 13.8 Å². The van der Waals surface area contributed by atoms with Crippen molar-refractivity contribution in [1.29, 1.82) is 0 Å². The van der Waals surface area contributed by atoms with Crippen LogP contribution >= 0.6 is 0 Å². The molecule has 3 nitrogen and oxygen atoms in total. The van der Waals surface area contributed by atoms with Crippen LogP contribution < -0.4 is 4.90 Å². The average molecular weight is 335 g/mol. The SMILES string of the molecule is Cc1cc(C)nc(N2CCC(c3ccccc3C(F)(F)F)CC2)n1. The third-order valence-corrected chi connectivity index (χ3v) is 4.45. The van der Waals surface area contributed by atoms with Crippen molar-refractivity contribution >= 4 is 5.95 Å². The van der Waals surface area contributed by atoms with Gasteiger partial charge in [-0.25, -0.2) is 9.97 Å². The molecule has 3 rings (SSSR count). The standard InChI is InChI=1S/C18H20F3N3/c1-12-11-13(2)23-17(22-12)24-9-7-14(8-10-24)15-5-3-4-6-16(15)18(19,20)21/h3-6,11,14H,7-10H2,1-2H3. The first-order valence-electron chi connectivity index (χ1n) is 8.08. The van der Waals surface area contributed by atoms with Crippen molar-refractivity contribution in [2.75, 3.05) is 18.0 Å². The van der Waals surface area contributed by atoms with E-state index in [4.69, 9.17) is 0 Å². The maximum absolute atomic E-state index is 13.2. The summed E-state index contributed by atoms with van der Waals surface area (Å²) in [5.41, 5.74) is 1.71. The van der Waals surface area contributed by atoms with Crippen LogP contribution in [0.1, 0.15) is 41.3 Å². The summed E-state index contributed by atoms with van der Waals surface area (Å²) in [7, 11) is 0. The number of benzene rings is 1. The Morgan fingerprint density at radius 2 is 1.58 bits per heavy atom. The van der Waals surface area contributed by atoms with Gasteiger partial charge in [0, 0.05) is 24.5 Å². The maximum Gasteiger partial charge on any atom is 0.416 e. The number of anilines is 1. The molecule has 0 radical (unpaired) electrons. The van der Waals surface area contributed by atoms with Gasteiger partial charge >= 0.3 is 6.18 Å². The molecular formula is C18H20F3N3. The number of aryl methyl sites for hydroxylation is 2. The summed E-state index contributed by atoms with van der Waals surface area (Å²) in [6.45, 7) is 5.18. The summed E-state index contributed by atoms with van der Waals surface area (Å²) in [5.74, 6) is 0.597. The second kappa shape index (κ2) is 6.42. The largest absolute Gasteiger partial charge is 0.416 e. The van der Waals surface area contributed by atoms with Crippen LogP contribution in [-0.2, 0) is 6.18 Å². The topological polar surface area (TPSA) is 29.0 Å². The second-order valence-corrected chi connectivity index (χ2v) is 6.30. The molecule has 0 N–H and O–H groups in total. The highest BCUT2D eigenvalue weighted by molar-refractivity contribution is 5.37. The second-order valence-electron chi connectivity index (χ2n) is 6.30. The number of aromatic nitrogens is 2. The Labute approximate surface area is 139 Å². The zero-order valence-corrected chi connectivity index (χ0v) is 13.8. The summed E-state index contributed by atoms with van der Waals surface area (Å²) >= 11 is 0. The zero-order chi connectivity index (χ0) is 17.3. The van der Waals surface area contributed by atoms with Crippen molar-refractivity contribution in [3.8, 4) is 0 Å². The fourth-order valence-corrected chi connectivity index (χ4v) is 3.35. The van der Waals surface area contributed by atoms with Gasteiger partial charge in [-0.2, -0.15) is 13.2 Å². The minimum absolute atomic E-state index is 0.0787. The quantitative estimate of drug-likeness (QED) is 0.809. The lowest BCUT2D eigenvalue weighted by molar-refractivity contribution is -0.138. The third-order valence-electron chi connectivity index (χ3n) is 4.45. The van der Waals surface area contributed by atoms with E-state index < -0.39 is 11.7 Å². The summed E-state index contributed by atoms with van der Waals surface area (Å²) < 4.78 is 39.6. The lowest BCUT2D eigenvalue weighted by Crippen LogP contribution is -2.34. The number of nitrogens with zero attached hydrogens (tertiary/aromatic N) is 3. The minimum atomic E-state index is -4.30. The monoisotopic (exact) mass is 335 g/mol. The molecule has 1 aromatic heterocycles. The molecule has 1 aliphatic heterocycles. The van der Waals surface area contributed by atoms with Gasteiger partial charge in [0.1, 0.15) is 0 Å². The van der Waals surface area contributed by atoms with Crippen molar-refractivity contribution in [2.45, 2.75) is 38.8 Å². The van der Waals surface area contributed by atoms with E-state index >= 15 is 0 Å². The van der Waals surface area contributed by atoms with Crippen molar-refractivity contribution in [3.63, 3.8) is 0 Å². The Morgan fingerprint density at radius 1 is 1.00 bits per heavy atom. The molecule has 1 aromatic carbocycles. The number of piperidine rings is 1. The molecular weight excluding hydrogens is 315 g/mol. The number of halogens is 3. The predicted molar refractivity (Wildman–Crippen MR) is 87.1 cm³/mol. The van der Waals surface area contributed by atoms with E-state index in [1.165, 1.54) is 12.1 Å². The van der Waals surface area contributed by atoms with Gasteiger partial charge in [0.25, 0.3) is 0 Å². The predicted octanol–water partition coefficient (Wildman–Crippen LogP) is 4.50. The number of rotatable bonds is 2. The molecule has 6 heteroatoms. The van der Waals surface area contributed by atoms with Gasteiger partial charge in [-0.05, 0) is 50.3 Å². The van der Waals surface area contributed by atoms with E-state index in [-0.39, 0.29) is 5.92 Å². The summed E-state index contributed by atoms with van der Waals surface area (Å²) in [5, 5.41) is 0. The first-order valence-corrected chi connectivity index (χ1v) is 8.08. The Morgan fingerprint density at radius 3 is 2.17 bits per heavy atom. The molecule has 0 bridgehead atoms. The first-order chi connectivity index (χ1) is 11.3. The van der Waals surface area contributed by atoms with Crippen molar-refractivity contribution < 1.29 is 13.2 Å². The highest BCUT2D eigenvalue weighted by Crippen LogP contribution is 2.38. The molecule has 2 heterocycles. The van der Waals surface area contributed by atoms with Gasteiger partial charge in [0.15, 0.2) is 0 Å². The van der Waals surface area contributed by atoms with Crippen molar-refractivity contribution in [2.24, 2.45) is 0 Å². The Hall–Kier alpha value is -2.11. The number of hydrogen-bond donors (Lipinski definition) is 0. The van der Waals surface area contributed by atoms with Crippen LogP contribution in [-0.4, -0.2) is 23.1 Å². The van der Waals surface area contributed by atoms with Crippen LogP contribution in [0.3, 0.4) is 0 Å². The molecule has 0 saturated carbocycles. The van der Waals surface area contributed by atoms with E-state index in [0.717, 1.165) is 11.4 Å². The molecule has 0 aliphatic carbocycles. The van der Waals surface area contributed by atoms with Gasteiger partial charge in [0.2, 0.25) is 5.95 Å². The van der Waals surface area contributed by atoms with Gasteiger partial charge in [-0.1, -0.05) is 18.2 Å². The number of alkyl halides is 3. The number of hydrogen-bond acceptors (Lipinski definition) is 3. The fraction of sp³-hybridized carbons (Fsp3) is 0.444. The van der Waals surface area contributed by atoms with E-state index in [2.05, 4.69) is 14.9 Å². The van der Waals surface area contributed by atoms with E-state index in [9.17, 15) is 13.2 Å². The first kappa shape index (κ1) is 16.7. The van der Waals surface area contributed by atoms with Gasteiger partial charge in [-0.3, -0.25) is 0 Å². The average Bonchev–Trinajstić information content (AvgIpc) is 2.53. The van der Waals surface area contributed by atoms with E-state index in [0.29, 0.717) is 37.4 Å². The molecule has 1 fully saturated rings. The Balaban J connectivity index is 1.76. The lowest BCUT2D eigenvalue weighted by atomic mass is 9.86. The zero-order valence-electron chi connectivity index (χ0n) is 13.8. The van der Waals surface area contributed by atoms with Gasteiger partial charge in [-0.15, -0.1) is 0 Å². The molecule has 128 valence electrons. The van der Waals surface area contributed by atoms with Crippen molar-refractivity contribution in [3.05, 3.63) is 52.8 Å². The highest BCUT2D eigenvalue weighted by Gasteiger charge is 2.35. The van der Waals surface area contributed by atoms with Gasteiger partial charge in [0.05, 0.1) is 5.56 Å². The van der Waals surface area contributed by atoms with Crippen LogP contribution in [0.25, 0.3) is 0 Å². The molecule has 0 amide bonds. The lowest BCUT2D eigenvalue weighted by Gasteiger charge is -2.33. The van der Waals surface area contributed by atoms with Crippen LogP contribution in [0.2, 0.25) is 0 Å². The van der Waals surface area contributed by atoms with Crippen LogP contribution in [0.4, 0.5) is 19.1 Å². The molecule has 2 aromatic rings. The van der Waals surface area contributed by atoms with Gasteiger partial charge < -0.3 is 4.90 Å². The van der Waals surface area contributed by atoms with Crippen LogP contribution in [0.5, 0.6) is 0 Å². The Kier molecular flexibility index (Phi) is 4.47. The molecule has 0 atom stereocenters. The van der Waals surface area contributed by atoms with Crippen molar-refractivity contribution in [1.82, 2.24) is 9.97 Å². The molecule has 24 heavy (non-hydrogen) atoms. The third kappa shape index (κ3) is 3.52. The highest BCUT2D eigenvalue weighted by atomic mass is 19.4. The summed E-state index contributed by atoms with van der Waals surface area (Å²) in [6.07, 6.45) is -2.96. The molecule has 1 aliphatic rings. The molecule has 0 unspecified atom stereocenters. The Bertz CT molecular complexity index is 699. The minimum Gasteiger partial charge on any atom is -0.341 e. The smallest absolute Gasteiger partial charge is 0.341 e. The fourth-order valence-electron chi connectivity index (χ4n) is 3.35. The van der Waals surface area contributed by atoms with E-state index in [1.54, 1.807) is 12.1 Å². The van der Waals surface area contributed by atoms with Crippen LogP contribution in [0.15, 0.2) is 30.3 Å². The molecule has 0 spiro atoms. The molecule has 1 saturated heterocycles. The summed E-state index contributed by atoms with van der Waals surface area (Å²) in [6, 6.07) is 7.83. The normalized spacial score (nSPS) is 16.5. The van der Waals surface area contributed by atoms with E-state index in [1.807, 2.05) is 19.9 Å².